The zero-order chi connectivity index (χ0) is 24.3. The maximum absolute atomic E-state index is 13.9. The second-order valence-electron chi connectivity index (χ2n) is 11.8. The second kappa shape index (κ2) is 8.11. The van der Waals surface area contributed by atoms with Crippen molar-refractivity contribution in [2.45, 2.75) is 65.3 Å². The molecule has 3 aliphatic rings. The number of anilines is 1. The Morgan fingerprint density at radius 3 is 2.24 bits per heavy atom. The molecular formula is C30H35NO3. The molecule has 2 aromatic carbocycles. The van der Waals surface area contributed by atoms with E-state index in [0.717, 1.165) is 41.1 Å². The molecule has 0 N–H and O–H groups in total. The monoisotopic (exact) mass is 457 g/mol. The first-order chi connectivity index (χ1) is 16.1. The number of rotatable bonds is 3. The molecule has 2 aromatic rings. The van der Waals surface area contributed by atoms with Gasteiger partial charge < -0.3 is 9.64 Å². The van der Waals surface area contributed by atoms with Crippen molar-refractivity contribution in [1.82, 2.24) is 0 Å². The zero-order valence-corrected chi connectivity index (χ0v) is 20.9. The Bertz CT molecular complexity index is 1160. The van der Waals surface area contributed by atoms with Gasteiger partial charge in [0.15, 0.2) is 5.78 Å². The van der Waals surface area contributed by atoms with Gasteiger partial charge in [-0.15, -0.1) is 0 Å². The molecule has 4 nitrogen and oxygen atoms in total. The average molecular weight is 458 g/mol. The van der Waals surface area contributed by atoms with E-state index in [1.165, 1.54) is 0 Å². The first kappa shape index (κ1) is 22.9. The maximum atomic E-state index is 13.9. The van der Waals surface area contributed by atoms with Gasteiger partial charge in [-0.25, -0.2) is 0 Å². The van der Waals surface area contributed by atoms with E-state index < -0.39 is 0 Å². The Hall–Kier alpha value is -2.88. The molecule has 1 fully saturated rings. The lowest BCUT2D eigenvalue weighted by Crippen LogP contribution is -2.57. The highest BCUT2D eigenvalue weighted by molar-refractivity contribution is 6.02. The molecule has 1 heterocycles. The Balaban J connectivity index is 1.82. The zero-order valence-electron chi connectivity index (χ0n) is 20.9. The molecule has 0 radical (unpaired) electrons. The van der Waals surface area contributed by atoms with Crippen LogP contribution >= 0.6 is 0 Å². The molecule has 0 aromatic heterocycles. The summed E-state index contributed by atoms with van der Waals surface area (Å²) in [4.78, 5) is 30.2. The van der Waals surface area contributed by atoms with Crippen LogP contribution in [0.25, 0.3) is 0 Å². The molecule has 0 spiro atoms. The molecule has 0 saturated heterocycles. The third-order valence-corrected chi connectivity index (χ3v) is 7.90. The van der Waals surface area contributed by atoms with Crippen molar-refractivity contribution in [3.63, 3.8) is 0 Å². The van der Waals surface area contributed by atoms with Crippen molar-refractivity contribution in [1.29, 1.82) is 0 Å². The number of carbonyl (C=O) groups is 2. The molecule has 5 rings (SSSR count). The molecule has 178 valence electrons. The van der Waals surface area contributed by atoms with Gasteiger partial charge in [0.05, 0.1) is 7.11 Å². The Kier molecular flexibility index (Phi) is 5.46. The smallest absolute Gasteiger partial charge is 0.161 e. The molecule has 4 heteroatoms. The third kappa shape index (κ3) is 3.77. The van der Waals surface area contributed by atoms with E-state index in [9.17, 15) is 9.59 Å². The van der Waals surface area contributed by atoms with Gasteiger partial charge in [-0.3, -0.25) is 9.59 Å². The van der Waals surface area contributed by atoms with Gasteiger partial charge in [0.1, 0.15) is 11.5 Å². The van der Waals surface area contributed by atoms with Crippen LogP contribution in [-0.2, 0) is 9.59 Å². The maximum Gasteiger partial charge on any atom is 0.161 e. The highest BCUT2D eigenvalue weighted by atomic mass is 16.5. The molecule has 0 unspecified atom stereocenters. The fourth-order valence-corrected chi connectivity index (χ4v) is 6.69. The van der Waals surface area contributed by atoms with Crippen LogP contribution in [0.15, 0.2) is 65.9 Å². The number of para-hydroxylation sites is 2. The highest BCUT2D eigenvalue weighted by Gasteiger charge is 2.55. The summed E-state index contributed by atoms with van der Waals surface area (Å²) < 4.78 is 5.76. The topological polar surface area (TPSA) is 46.6 Å². The molecule has 1 aliphatic heterocycles. The number of hydrogen-bond acceptors (Lipinski definition) is 4. The van der Waals surface area contributed by atoms with Gasteiger partial charge in [-0.1, -0.05) is 64.1 Å². The lowest BCUT2D eigenvalue weighted by Gasteiger charge is -2.55. The van der Waals surface area contributed by atoms with Crippen LogP contribution in [0.4, 0.5) is 5.69 Å². The minimum atomic E-state index is -0.284. The summed E-state index contributed by atoms with van der Waals surface area (Å²) in [7, 11) is 1.67. The number of Topliss-reactive ketones (excluding diaryl/α,β-unsaturated/α-hetero) is 2. The number of fused-ring (bicyclic) bond motifs is 1. The Morgan fingerprint density at radius 1 is 0.853 bits per heavy atom. The van der Waals surface area contributed by atoms with Crippen molar-refractivity contribution in [2.24, 2.45) is 16.7 Å². The van der Waals surface area contributed by atoms with Crippen LogP contribution in [0, 0.1) is 16.7 Å². The average Bonchev–Trinajstić information content (AvgIpc) is 2.76. The van der Waals surface area contributed by atoms with Crippen molar-refractivity contribution >= 4 is 17.3 Å². The van der Waals surface area contributed by atoms with E-state index in [1.807, 2.05) is 42.5 Å². The predicted molar refractivity (Wildman–Crippen MR) is 135 cm³/mol. The fraction of sp³-hybridized carbons (Fsp3) is 0.467. The first-order valence-electron chi connectivity index (χ1n) is 12.4. The standard InChI is InChI=1S/C30H35NO3/c1-29(2)15-21-27(23(32)17-29)26(20-13-9-10-14-25(20)34-5)28-22(16-30(3,4)18-24(28)33)31(21)19-11-7-6-8-12-19/h6-14,21,26-27H,15-18H2,1-5H3/t21-,26+,27+/m1/s1. The van der Waals surface area contributed by atoms with Crippen LogP contribution in [0.2, 0.25) is 0 Å². The predicted octanol–water partition coefficient (Wildman–Crippen LogP) is 6.32. The van der Waals surface area contributed by atoms with Crippen LogP contribution in [0.3, 0.4) is 0 Å². The minimum absolute atomic E-state index is 0.00554. The van der Waals surface area contributed by atoms with Gasteiger partial charge in [0.25, 0.3) is 0 Å². The van der Waals surface area contributed by atoms with Crippen molar-refractivity contribution < 1.29 is 14.3 Å². The van der Waals surface area contributed by atoms with Crippen molar-refractivity contribution in [2.75, 3.05) is 12.0 Å². The van der Waals surface area contributed by atoms with E-state index in [0.29, 0.717) is 12.8 Å². The van der Waals surface area contributed by atoms with E-state index >= 15 is 0 Å². The molecule has 34 heavy (non-hydrogen) atoms. The minimum Gasteiger partial charge on any atom is -0.496 e. The van der Waals surface area contributed by atoms with E-state index in [4.69, 9.17) is 4.74 Å². The summed E-state index contributed by atoms with van der Waals surface area (Å²) in [6.07, 6.45) is 2.74. The van der Waals surface area contributed by atoms with Crippen LogP contribution < -0.4 is 9.64 Å². The normalized spacial score (nSPS) is 27.8. The molecule has 1 saturated carbocycles. The number of ketones is 2. The van der Waals surface area contributed by atoms with Gasteiger partial charge in [0.2, 0.25) is 0 Å². The van der Waals surface area contributed by atoms with Gasteiger partial charge in [-0.2, -0.15) is 0 Å². The van der Waals surface area contributed by atoms with Crippen LogP contribution in [-0.4, -0.2) is 24.7 Å². The summed E-state index contributed by atoms with van der Waals surface area (Å²) in [5, 5.41) is 0. The number of methoxy groups -OCH3 is 1. The Labute approximate surface area is 203 Å². The number of hydrogen-bond donors (Lipinski definition) is 0. The fourth-order valence-electron chi connectivity index (χ4n) is 6.69. The van der Waals surface area contributed by atoms with Crippen molar-refractivity contribution in [3.8, 4) is 5.75 Å². The number of nitrogens with zero attached hydrogens (tertiary/aromatic N) is 1. The first-order valence-corrected chi connectivity index (χ1v) is 12.4. The number of carbonyl (C=O) groups excluding carboxylic acids is 2. The van der Waals surface area contributed by atoms with Gasteiger partial charge in [-0.05, 0) is 41.9 Å². The summed E-state index contributed by atoms with van der Waals surface area (Å²) in [6, 6.07) is 18.3. The largest absolute Gasteiger partial charge is 0.496 e. The van der Waals surface area contributed by atoms with Crippen LogP contribution in [0.5, 0.6) is 5.75 Å². The van der Waals surface area contributed by atoms with Crippen LogP contribution in [0.1, 0.15) is 64.9 Å². The summed E-state index contributed by atoms with van der Waals surface area (Å²) in [6.45, 7) is 8.75. The highest BCUT2D eigenvalue weighted by Crippen LogP contribution is 2.57. The van der Waals surface area contributed by atoms with Gasteiger partial charge in [0, 0.05) is 53.2 Å². The van der Waals surface area contributed by atoms with Gasteiger partial charge >= 0.3 is 0 Å². The lowest BCUT2D eigenvalue weighted by molar-refractivity contribution is -0.130. The van der Waals surface area contributed by atoms with E-state index in [-0.39, 0.29) is 40.3 Å². The van der Waals surface area contributed by atoms with E-state index in [2.05, 4.69) is 44.7 Å². The van der Waals surface area contributed by atoms with Crippen molar-refractivity contribution in [3.05, 3.63) is 71.4 Å². The molecule has 0 amide bonds. The summed E-state index contributed by atoms with van der Waals surface area (Å²) in [5.74, 6) is 0.611. The summed E-state index contributed by atoms with van der Waals surface area (Å²) >= 11 is 0. The number of ether oxygens (including phenoxy) is 1. The van der Waals surface area contributed by atoms with E-state index in [1.54, 1.807) is 7.11 Å². The molecule has 3 atom stereocenters. The SMILES string of the molecule is COc1ccccc1[C@@H]1C2=C(CC(C)(C)CC2=O)N(c2ccccc2)[C@@H]2CC(C)(C)CC(=O)[C@H]21. The number of benzene rings is 2. The summed E-state index contributed by atoms with van der Waals surface area (Å²) in [5.41, 5.74) is 3.72. The molecule has 2 aliphatic carbocycles. The quantitative estimate of drug-likeness (QED) is 0.541. The number of allylic oxidation sites excluding steroid dienone is 2. The second-order valence-corrected chi connectivity index (χ2v) is 11.8. The molecular weight excluding hydrogens is 422 g/mol. The lowest BCUT2D eigenvalue weighted by atomic mass is 9.58. The Morgan fingerprint density at radius 2 is 1.53 bits per heavy atom. The molecule has 0 bridgehead atoms. The third-order valence-electron chi connectivity index (χ3n) is 7.90.